The fraction of sp³-hybridized carbons (Fsp3) is 0.154. The zero-order valence-electron chi connectivity index (χ0n) is 18.0. The second kappa shape index (κ2) is 9.43. The van der Waals surface area contributed by atoms with E-state index in [1.54, 1.807) is 54.6 Å². The third-order valence-electron chi connectivity index (χ3n) is 5.37. The largest absolute Gasteiger partial charge is 0.416 e. The molecule has 3 aromatic rings. The summed E-state index contributed by atoms with van der Waals surface area (Å²) in [5.74, 6) is -0.702. The van der Waals surface area contributed by atoms with E-state index in [-0.39, 0.29) is 23.4 Å². The van der Waals surface area contributed by atoms with Gasteiger partial charge in [-0.2, -0.15) is 13.2 Å². The molecular weight excluding hydrogens is 443 g/mol. The van der Waals surface area contributed by atoms with Gasteiger partial charge in [0.2, 0.25) is 0 Å². The van der Waals surface area contributed by atoms with Crippen LogP contribution in [0.5, 0.6) is 0 Å². The van der Waals surface area contributed by atoms with Crippen molar-refractivity contribution in [2.24, 2.45) is 0 Å². The Hall–Kier alpha value is -4.07. The highest BCUT2D eigenvalue weighted by atomic mass is 19.4. The van der Waals surface area contributed by atoms with Gasteiger partial charge >= 0.3 is 6.18 Å². The monoisotopic (exact) mass is 465 g/mol. The van der Waals surface area contributed by atoms with Crippen LogP contribution in [0.4, 0.5) is 24.5 Å². The molecular formula is C26H22F3N3O2. The zero-order valence-corrected chi connectivity index (χ0v) is 18.0. The molecule has 0 atom stereocenters. The number of nitrogen functional groups attached to an aromatic ring is 1. The Bertz CT molecular complexity index is 1230. The molecule has 1 aliphatic rings. The number of alkyl halides is 3. The molecule has 0 saturated heterocycles. The molecule has 34 heavy (non-hydrogen) atoms. The van der Waals surface area contributed by atoms with Gasteiger partial charge in [0.1, 0.15) is 0 Å². The quantitative estimate of drug-likeness (QED) is 0.260. The van der Waals surface area contributed by atoms with Crippen LogP contribution in [0, 0.1) is 0 Å². The van der Waals surface area contributed by atoms with Gasteiger partial charge in [-0.25, -0.2) is 0 Å². The summed E-state index contributed by atoms with van der Waals surface area (Å²) >= 11 is 0. The van der Waals surface area contributed by atoms with Crippen molar-refractivity contribution < 1.29 is 22.8 Å². The van der Waals surface area contributed by atoms with Crippen molar-refractivity contribution in [3.63, 3.8) is 0 Å². The molecule has 1 saturated carbocycles. The summed E-state index contributed by atoms with van der Waals surface area (Å²) in [6, 6.07) is 18.0. The number of para-hydroxylation sites is 2. The van der Waals surface area contributed by atoms with E-state index in [1.807, 2.05) is 0 Å². The van der Waals surface area contributed by atoms with Gasteiger partial charge < -0.3 is 16.4 Å². The van der Waals surface area contributed by atoms with Crippen molar-refractivity contribution >= 4 is 34.8 Å². The van der Waals surface area contributed by atoms with Crippen LogP contribution >= 0.6 is 0 Å². The smallest absolute Gasteiger partial charge is 0.397 e. The van der Waals surface area contributed by atoms with Gasteiger partial charge in [-0.3, -0.25) is 9.59 Å². The van der Waals surface area contributed by atoms with E-state index in [0.717, 1.165) is 25.0 Å². The number of amides is 2. The first-order valence-electron chi connectivity index (χ1n) is 10.7. The topological polar surface area (TPSA) is 84.2 Å². The van der Waals surface area contributed by atoms with Crippen molar-refractivity contribution in [3.05, 3.63) is 95.1 Å². The van der Waals surface area contributed by atoms with E-state index in [0.29, 0.717) is 28.1 Å². The van der Waals surface area contributed by atoms with E-state index in [1.165, 1.54) is 12.1 Å². The molecule has 1 aliphatic carbocycles. The number of hydrogen-bond donors (Lipinski definition) is 3. The van der Waals surface area contributed by atoms with Gasteiger partial charge in [0.15, 0.2) is 0 Å². The number of anilines is 2. The van der Waals surface area contributed by atoms with Crippen molar-refractivity contribution in [3.8, 4) is 0 Å². The minimum absolute atomic E-state index is 0.0850. The first-order valence-corrected chi connectivity index (χ1v) is 10.7. The Morgan fingerprint density at radius 3 is 2.09 bits per heavy atom. The maximum Gasteiger partial charge on any atom is 0.416 e. The molecule has 3 aromatic carbocycles. The molecule has 0 spiro atoms. The third kappa shape index (κ3) is 5.64. The minimum Gasteiger partial charge on any atom is -0.397 e. The maximum absolute atomic E-state index is 12.9. The molecule has 8 heteroatoms. The van der Waals surface area contributed by atoms with Crippen LogP contribution < -0.4 is 16.4 Å². The van der Waals surface area contributed by atoms with Crippen molar-refractivity contribution in [1.29, 1.82) is 0 Å². The molecule has 0 bridgehead atoms. The molecule has 0 aliphatic heterocycles. The summed E-state index contributed by atoms with van der Waals surface area (Å²) < 4.78 is 38.8. The van der Waals surface area contributed by atoms with Crippen LogP contribution in [-0.2, 0) is 11.0 Å². The van der Waals surface area contributed by atoms with E-state index >= 15 is 0 Å². The summed E-state index contributed by atoms with van der Waals surface area (Å²) in [4.78, 5) is 25.3. The number of hydrogen-bond acceptors (Lipinski definition) is 3. The average Bonchev–Trinajstić information content (AvgIpc) is 3.63. The van der Waals surface area contributed by atoms with E-state index in [9.17, 15) is 22.8 Å². The normalized spacial score (nSPS) is 13.9. The highest BCUT2D eigenvalue weighted by Crippen LogP contribution is 2.31. The average molecular weight is 465 g/mol. The van der Waals surface area contributed by atoms with Crippen LogP contribution in [0.1, 0.15) is 39.9 Å². The predicted molar refractivity (Wildman–Crippen MR) is 126 cm³/mol. The molecule has 4 N–H and O–H groups in total. The SMILES string of the molecule is Nc1ccccc1NC(=O)c1ccc(/C=C(/C(=O)NC2CC2)c2ccc(C(F)(F)F)cc2)cc1. The Labute approximate surface area is 194 Å². The number of halogens is 3. The van der Waals surface area contributed by atoms with Crippen LogP contribution in [0.3, 0.4) is 0 Å². The molecule has 0 aromatic heterocycles. The third-order valence-corrected chi connectivity index (χ3v) is 5.37. The van der Waals surface area contributed by atoms with Gasteiger partial charge in [0, 0.05) is 17.2 Å². The highest BCUT2D eigenvalue weighted by Gasteiger charge is 2.30. The number of benzene rings is 3. The van der Waals surface area contributed by atoms with Gasteiger partial charge in [0.05, 0.1) is 16.9 Å². The lowest BCUT2D eigenvalue weighted by atomic mass is 9.99. The molecule has 174 valence electrons. The zero-order chi connectivity index (χ0) is 24.3. The van der Waals surface area contributed by atoms with Gasteiger partial charge in [-0.05, 0) is 66.4 Å². The Kier molecular flexibility index (Phi) is 6.40. The van der Waals surface area contributed by atoms with Gasteiger partial charge in [-0.15, -0.1) is 0 Å². The number of carbonyl (C=O) groups excluding carboxylic acids is 2. The summed E-state index contributed by atoms with van der Waals surface area (Å²) in [6.45, 7) is 0. The number of carbonyl (C=O) groups is 2. The van der Waals surface area contributed by atoms with Crippen molar-refractivity contribution in [2.45, 2.75) is 25.1 Å². The second-order valence-corrected chi connectivity index (χ2v) is 8.04. The van der Waals surface area contributed by atoms with Crippen molar-refractivity contribution in [2.75, 3.05) is 11.1 Å². The Balaban J connectivity index is 1.57. The standard InChI is InChI=1S/C26H22F3N3O2/c27-26(28,29)19-11-9-17(10-12-19)21(25(34)31-20-13-14-20)15-16-5-7-18(8-6-16)24(33)32-23-4-2-1-3-22(23)30/h1-12,15,20H,13-14,30H2,(H,31,34)(H,32,33)/b21-15+. The van der Waals surface area contributed by atoms with Gasteiger partial charge in [-0.1, -0.05) is 36.4 Å². The number of nitrogens with one attached hydrogen (secondary N) is 2. The van der Waals surface area contributed by atoms with E-state index in [2.05, 4.69) is 10.6 Å². The van der Waals surface area contributed by atoms with E-state index in [4.69, 9.17) is 5.73 Å². The van der Waals surface area contributed by atoms with Crippen LogP contribution in [0.25, 0.3) is 11.6 Å². The molecule has 0 radical (unpaired) electrons. The molecule has 4 rings (SSSR count). The van der Waals surface area contributed by atoms with Gasteiger partial charge in [0.25, 0.3) is 11.8 Å². The number of rotatable bonds is 6. The number of nitrogens with two attached hydrogens (primary N) is 1. The molecule has 5 nitrogen and oxygen atoms in total. The molecule has 0 unspecified atom stereocenters. The first-order chi connectivity index (χ1) is 16.2. The van der Waals surface area contributed by atoms with Crippen LogP contribution in [0.15, 0.2) is 72.8 Å². The highest BCUT2D eigenvalue weighted by molar-refractivity contribution is 6.24. The van der Waals surface area contributed by atoms with E-state index < -0.39 is 11.7 Å². The lowest BCUT2D eigenvalue weighted by Crippen LogP contribution is -2.26. The Morgan fingerprint density at radius 2 is 1.50 bits per heavy atom. The van der Waals surface area contributed by atoms with Crippen LogP contribution in [0.2, 0.25) is 0 Å². The second-order valence-electron chi connectivity index (χ2n) is 8.04. The predicted octanol–water partition coefficient (Wildman–Crippen LogP) is 5.36. The summed E-state index contributed by atoms with van der Waals surface area (Å²) in [5, 5.41) is 5.62. The van der Waals surface area contributed by atoms with Crippen LogP contribution in [-0.4, -0.2) is 17.9 Å². The Morgan fingerprint density at radius 1 is 0.882 bits per heavy atom. The summed E-state index contributed by atoms with van der Waals surface area (Å²) in [6.07, 6.45) is -1.11. The summed E-state index contributed by atoms with van der Waals surface area (Å²) in [7, 11) is 0. The maximum atomic E-state index is 12.9. The fourth-order valence-electron chi connectivity index (χ4n) is 3.31. The van der Waals surface area contributed by atoms with Crippen molar-refractivity contribution in [1.82, 2.24) is 5.32 Å². The molecule has 0 heterocycles. The summed E-state index contributed by atoms with van der Waals surface area (Å²) in [5.41, 5.74) is 7.64. The lowest BCUT2D eigenvalue weighted by Gasteiger charge is -2.12. The fourth-order valence-corrected chi connectivity index (χ4v) is 3.31. The molecule has 2 amide bonds. The minimum atomic E-state index is -4.46. The lowest BCUT2D eigenvalue weighted by molar-refractivity contribution is -0.137. The molecule has 1 fully saturated rings. The first kappa shape index (κ1) is 23.1.